The molecule has 35 heavy (non-hydrogen) atoms. The fraction of sp³-hybridized carbons (Fsp3) is 0.385. The lowest BCUT2D eigenvalue weighted by Gasteiger charge is -2.32. The summed E-state index contributed by atoms with van der Waals surface area (Å²) < 4.78 is 11.5. The SMILES string of the molecule is CCCCOC(=O)N1CCC[C@H](Nc2nccc(-c3cccnc3Oc3cc(N)ccc3C)n2)C1. The summed E-state index contributed by atoms with van der Waals surface area (Å²) in [5, 5.41) is 3.38. The lowest BCUT2D eigenvalue weighted by atomic mass is 10.1. The molecule has 0 spiro atoms. The van der Waals surface area contributed by atoms with E-state index in [1.807, 2.05) is 37.3 Å². The highest BCUT2D eigenvalue weighted by molar-refractivity contribution is 5.68. The number of hydrogen-bond acceptors (Lipinski definition) is 8. The van der Waals surface area contributed by atoms with Crippen molar-refractivity contribution in [2.45, 2.75) is 45.6 Å². The van der Waals surface area contributed by atoms with E-state index in [1.54, 1.807) is 23.4 Å². The van der Waals surface area contributed by atoms with Crippen molar-refractivity contribution >= 4 is 17.7 Å². The Bertz CT molecular complexity index is 1160. The van der Waals surface area contributed by atoms with Crippen LogP contribution in [0.25, 0.3) is 11.3 Å². The summed E-state index contributed by atoms with van der Waals surface area (Å²) >= 11 is 0. The molecular weight excluding hydrogens is 444 g/mol. The number of rotatable bonds is 8. The average molecular weight is 477 g/mol. The van der Waals surface area contributed by atoms with Crippen molar-refractivity contribution in [3.05, 3.63) is 54.4 Å². The number of aryl methyl sites for hydroxylation is 1. The topological polar surface area (TPSA) is 115 Å². The summed E-state index contributed by atoms with van der Waals surface area (Å²) in [6.07, 6.45) is 6.80. The van der Waals surface area contributed by atoms with Gasteiger partial charge in [-0.3, -0.25) is 0 Å². The number of anilines is 2. The molecule has 1 aromatic carbocycles. The van der Waals surface area contributed by atoms with Crippen molar-refractivity contribution < 1.29 is 14.3 Å². The molecule has 0 saturated carbocycles. The van der Waals surface area contributed by atoms with Crippen LogP contribution in [0.2, 0.25) is 0 Å². The summed E-state index contributed by atoms with van der Waals surface area (Å²) in [6, 6.07) is 11.1. The standard InChI is InChI=1S/C26H32N6O3/c1-3-4-15-34-26(33)32-14-6-7-20(17-32)30-25-29-13-11-22(31-25)21-8-5-12-28-24(21)35-23-16-19(27)10-9-18(23)2/h5,8-13,16,20H,3-4,6-7,14-15,17,27H2,1-2H3,(H,29,30,31)/t20-/m0/s1. The van der Waals surface area contributed by atoms with Crippen molar-refractivity contribution in [1.82, 2.24) is 19.9 Å². The van der Waals surface area contributed by atoms with Crippen LogP contribution in [0.15, 0.2) is 48.8 Å². The first kappa shape index (κ1) is 24.3. The Balaban J connectivity index is 1.47. The van der Waals surface area contributed by atoms with Crippen molar-refractivity contribution in [1.29, 1.82) is 0 Å². The van der Waals surface area contributed by atoms with Crippen LogP contribution in [-0.4, -0.2) is 51.7 Å². The average Bonchev–Trinajstić information content (AvgIpc) is 2.87. The smallest absolute Gasteiger partial charge is 0.409 e. The Kier molecular flexibility index (Phi) is 7.97. The van der Waals surface area contributed by atoms with Gasteiger partial charge < -0.3 is 25.4 Å². The van der Waals surface area contributed by atoms with Crippen molar-refractivity contribution in [2.75, 3.05) is 30.7 Å². The lowest BCUT2D eigenvalue weighted by molar-refractivity contribution is 0.0920. The molecule has 184 valence electrons. The Morgan fingerprint density at radius 2 is 2.11 bits per heavy atom. The zero-order valence-electron chi connectivity index (χ0n) is 20.2. The Morgan fingerprint density at radius 1 is 1.23 bits per heavy atom. The minimum Gasteiger partial charge on any atom is -0.449 e. The van der Waals surface area contributed by atoms with E-state index in [1.165, 1.54) is 0 Å². The summed E-state index contributed by atoms with van der Waals surface area (Å²) in [7, 11) is 0. The molecule has 2 aromatic heterocycles. The third-order valence-corrected chi connectivity index (χ3v) is 5.86. The van der Waals surface area contributed by atoms with Gasteiger partial charge in [0.1, 0.15) is 5.75 Å². The van der Waals surface area contributed by atoms with E-state index >= 15 is 0 Å². The predicted molar refractivity (Wildman–Crippen MR) is 135 cm³/mol. The van der Waals surface area contributed by atoms with Gasteiger partial charge in [-0.15, -0.1) is 0 Å². The molecule has 9 heteroatoms. The molecule has 0 bridgehead atoms. The maximum Gasteiger partial charge on any atom is 0.409 e. The number of nitrogens with one attached hydrogen (secondary N) is 1. The molecule has 1 aliphatic rings. The van der Waals surface area contributed by atoms with Gasteiger partial charge in [-0.1, -0.05) is 19.4 Å². The van der Waals surface area contributed by atoms with Gasteiger partial charge in [0.05, 0.1) is 17.9 Å². The number of aromatic nitrogens is 3. The van der Waals surface area contributed by atoms with Gasteiger partial charge in [0, 0.05) is 43.3 Å². The van der Waals surface area contributed by atoms with Gasteiger partial charge in [0.25, 0.3) is 0 Å². The normalized spacial score (nSPS) is 15.5. The second-order valence-electron chi connectivity index (χ2n) is 8.65. The number of nitrogens with two attached hydrogens (primary N) is 1. The molecule has 4 rings (SSSR count). The molecule has 1 atom stereocenters. The molecule has 3 N–H and O–H groups in total. The summed E-state index contributed by atoms with van der Waals surface area (Å²) in [6.45, 7) is 5.73. The number of carbonyl (C=O) groups excluding carboxylic acids is 1. The maximum absolute atomic E-state index is 12.4. The number of hydrogen-bond donors (Lipinski definition) is 2. The van der Waals surface area contributed by atoms with E-state index in [9.17, 15) is 4.79 Å². The van der Waals surface area contributed by atoms with Gasteiger partial charge in [-0.25, -0.2) is 19.7 Å². The highest BCUT2D eigenvalue weighted by Crippen LogP contribution is 2.32. The second-order valence-corrected chi connectivity index (χ2v) is 8.65. The number of pyridine rings is 1. The highest BCUT2D eigenvalue weighted by Gasteiger charge is 2.25. The second kappa shape index (κ2) is 11.5. The summed E-state index contributed by atoms with van der Waals surface area (Å²) in [5.41, 5.74) is 8.93. The molecule has 3 heterocycles. The van der Waals surface area contributed by atoms with Crippen LogP contribution < -0.4 is 15.8 Å². The van der Waals surface area contributed by atoms with E-state index in [0.717, 1.165) is 36.8 Å². The minimum absolute atomic E-state index is 0.0392. The number of ether oxygens (including phenoxy) is 2. The highest BCUT2D eigenvalue weighted by atomic mass is 16.6. The number of carbonyl (C=O) groups is 1. The Hall–Kier alpha value is -3.88. The van der Waals surface area contributed by atoms with Crippen LogP contribution in [0.5, 0.6) is 11.6 Å². The van der Waals surface area contributed by atoms with Crippen LogP contribution in [0.1, 0.15) is 38.2 Å². The van der Waals surface area contributed by atoms with Crippen molar-refractivity contribution in [3.8, 4) is 22.9 Å². The lowest BCUT2D eigenvalue weighted by Crippen LogP contribution is -2.45. The van der Waals surface area contributed by atoms with Gasteiger partial charge in [0.15, 0.2) is 0 Å². The number of nitrogen functional groups attached to an aromatic ring is 1. The van der Waals surface area contributed by atoms with Gasteiger partial charge in [-0.05, 0) is 56.0 Å². The first-order chi connectivity index (χ1) is 17.0. The van der Waals surface area contributed by atoms with Crippen LogP contribution in [-0.2, 0) is 4.74 Å². The minimum atomic E-state index is -0.256. The summed E-state index contributed by atoms with van der Waals surface area (Å²) in [5.74, 6) is 1.57. The van der Waals surface area contributed by atoms with E-state index in [2.05, 4.69) is 22.2 Å². The van der Waals surface area contributed by atoms with Crippen LogP contribution in [0.3, 0.4) is 0 Å². The number of unbranched alkanes of at least 4 members (excludes halogenated alkanes) is 1. The fourth-order valence-electron chi connectivity index (χ4n) is 3.91. The molecule has 1 fully saturated rings. The van der Waals surface area contributed by atoms with E-state index < -0.39 is 0 Å². The maximum atomic E-state index is 12.4. The monoisotopic (exact) mass is 476 g/mol. The van der Waals surface area contributed by atoms with Gasteiger partial charge in [0.2, 0.25) is 11.8 Å². The number of likely N-dealkylation sites (tertiary alicyclic amines) is 1. The number of nitrogens with zero attached hydrogens (tertiary/aromatic N) is 4. The first-order valence-corrected chi connectivity index (χ1v) is 12.0. The quantitative estimate of drug-likeness (QED) is 0.343. The zero-order valence-corrected chi connectivity index (χ0v) is 20.2. The molecule has 0 unspecified atom stereocenters. The van der Waals surface area contributed by atoms with Crippen LogP contribution >= 0.6 is 0 Å². The molecule has 1 amide bonds. The third kappa shape index (κ3) is 6.38. The number of benzene rings is 1. The van der Waals surface area contributed by atoms with Crippen LogP contribution in [0, 0.1) is 6.92 Å². The Labute approximate surface area is 205 Å². The predicted octanol–water partition coefficient (Wildman–Crippen LogP) is 5.03. The van der Waals surface area contributed by atoms with Crippen LogP contribution in [0.4, 0.5) is 16.4 Å². The van der Waals surface area contributed by atoms with E-state index in [4.69, 9.17) is 20.2 Å². The Morgan fingerprint density at radius 3 is 2.97 bits per heavy atom. The van der Waals surface area contributed by atoms with Gasteiger partial charge in [-0.2, -0.15) is 0 Å². The molecule has 9 nitrogen and oxygen atoms in total. The van der Waals surface area contributed by atoms with Crippen molar-refractivity contribution in [2.24, 2.45) is 0 Å². The van der Waals surface area contributed by atoms with E-state index in [-0.39, 0.29) is 12.1 Å². The summed E-state index contributed by atoms with van der Waals surface area (Å²) in [4.78, 5) is 27.6. The molecule has 1 aliphatic heterocycles. The molecular formula is C26H32N6O3. The molecule has 0 radical (unpaired) electrons. The zero-order chi connectivity index (χ0) is 24.6. The van der Waals surface area contributed by atoms with E-state index in [0.29, 0.717) is 48.7 Å². The molecule has 0 aliphatic carbocycles. The molecule has 3 aromatic rings. The number of amides is 1. The first-order valence-electron chi connectivity index (χ1n) is 12.0. The van der Waals surface area contributed by atoms with Gasteiger partial charge >= 0.3 is 6.09 Å². The number of piperidine rings is 1. The fourth-order valence-corrected chi connectivity index (χ4v) is 3.91. The van der Waals surface area contributed by atoms with Crippen molar-refractivity contribution in [3.63, 3.8) is 0 Å². The molecule has 1 saturated heterocycles. The largest absolute Gasteiger partial charge is 0.449 e. The third-order valence-electron chi connectivity index (χ3n) is 5.86.